The molecule has 0 fully saturated rings. The van der Waals surface area contributed by atoms with E-state index in [9.17, 15) is 13.2 Å². The Labute approximate surface area is 138 Å². The molecule has 126 valence electrons. The molecule has 0 aromatic heterocycles. The Morgan fingerprint density at radius 2 is 1.68 bits per heavy atom. The number of benzene rings is 1. The van der Waals surface area contributed by atoms with Crippen molar-refractivity contribution < 1.29 is 13.2 Å². The summed E-state index contributed by atoms with van der Waals surface area (Å²) < 4.78 is 25.5. The first-order valence-corrected chi connectivity index (χ1v) is 8.28. The number of rotatable bonds is 7. The average molecular weight is 350 g/mol. The quantitative estimate of drug-likeness (QED) is 0.686. The van der Waals surface area contributed by atoms with Crippen LogP contribution in [0.25, 0.3) is 0 Å². The molecule has 0 aliphatic carbocycles. The van der Waals surface area contributed by atoms with Gasteiger partial charge in [-0.05, 0) is 38.7 Å². The highest BCUT2D eigenvalue weighted by atomic mass is 35.5. The van der Waals surface area contributed by atoms with E-state index < -0.39 is 10.0 Å². The van der Waals surface area contributed by atoms with E-state index in [0.717, 1.165) is 5.56 Å². The molecule has 1 aromatic rings. The van der Waals surface area contributed by atoms with Gasteiger partial charge in [0.05, 0.1) is 10.9 Å². The van der Waals surface area contributed by atoms with Crippen LogP contribution in [0.1, 0.15) is 25.5 Å². The number of sulfonamides is 1. The Morgan fingerprint density at radius 3 is 2.14 bits per heavy atom. The Balaban J connectivity index is 0.00000441. The second-order valence-corrected chi connectivity index (χ2v) is 6.85. The number of nitrogens with one attached hydrogen (secondary N) is 3. The van der Waals surface area contributed by atoms with E-state index in [1.165, 1.54) is 19.2 Å². The standard InChI is InChI=1S/C14H23N3O3S.ClH/c1-10(9-15-3)14(18)17-11(2)12-5-7-13(8-6-12)21(19,20)16-4;/h5-8,10-11,15-16H,9H2,1-4H3,(H,17,18);1H. The first-order valence-electron chi connectivity index (χ1n) is 6.80. The first-order chi connectivity index (χ1) is 9.81. The fourth-order valence-electron chi connectivity index (χ4n) is 1.89. The highest BCUT2D eigenvalue weighted by molar-refractivity contribution is 7.89. The van der Waals surface area contributed by atoms with Gasteiger partial charge in [0.2, 0.25) is 15.9 Å². The molecule has 0 aliphatic rings. The molecule has 0 radical (unpaired) electrons. The van der Waals surface area contributed by atoms with Crippen LogP contribution in [0, 0.1) is 5.92 Å². The maximum atomic E-state index is 11.9. The third kappa shape index (κ3) is 5.57. The van der Waals surface area contributed by atoms with Crippen LogP contribution in [0.4, 0.5) is 0 Å². The van der Waals surface area contributed by atoms with E-state index in [1.807, 2.05) is 13.8 Å². The second kappa shape index (κ2) is 9.09. The molecule has 2 unspecified atom stereocenters. The van der Waals surface area contributed by atoms with Gasteiger partial charge in [0.1, 0.15) is 0 Å². The maximum Gasteiger partial charge on any atom is 0.240 e. The fourth-order valence-corrected chi connectivity index (χ4v) is 2.62. The van der Waals surface area contributed by atoms with E-state index >= 15 is 0 Å². The zero-order valence-electron chi connectivity index (χ0n) is 13.2. The molecular weight excluding hydrogens is 326 g/mol. The van der Waals surface area contributed by atoms with Gasteiger partial charge in [-0.2, -0.15) is 0 Å². The highest BCUT2D eigenvalue weighted by Gasteiger charge is 2.16. The number of halogens is 1. The van der Waals surface area contributed by atoms with E-state index in [-0.39, 0.29) is 35.2 Å². The molecular formula is C14H24ClN3O3S. The molecule has 1 amide bonds. The molecule has 0 saturated carbocycles. The molecule has 0 aliphatic heterocycles. The highest BCUT2D eigenvalue weighted by Crippen LogP contribution is 2.16. The molecule has 0 bridgehead atoms. The summed E-state index contributed by atoms with van der Waals surface area (Å²) in [5, 5.41) is 5.87. The van der Waals surface area contributed by atoms with Gasteiger partial charge in [-0.15, -0.1) is 12.4 Å². The molecule has 1 rings (SSSR count). The Kier molecular flexibility index (Phi) is 8.62. The molecule has 3 N–H and O–H groups in total. The molecule has 6 nitrogen and oxygen atoms in total. The van der Waals surface area contributed by atoms with Gasteiger partial charge < -0.3 is 10.6 Å². The molecule has 0 saturated heterocycles. The SMILES string of the molecule is CNCC(C)C(=O)NC(C)c1ccc(S(=O)(=O)NC)cc1.Cl. The van der Waals surface area contributed by atoms with Crippen molar-refractivity contribution >= 4 is 28.3 Å². The number of carbonyl (C=O) groups excluding carboxylic acids is 1. The Hall–Kier alpha value is -1.15. The third-order valence-electron chi connectivity index (χ3n) is 3.28. The summed E-state index contributed by atoms with van der Waals surface area (Å²) in [6.45, 7) is 4.32. The van der Waals surface area contributed by atoms with Gasteiger partial charge in [0, 0.05) is 12.5 Å². The summed E-state index contributed by atoms with van der Waals surface area (Å²) in [6.07, 6.45) is 0. The lowest BCUT2D eigenvalue weighted by molar-refractivity contribution is -0.125. The monoisotopic (exact) mass is 349 g/mol. The second-order valence-electron chi connectivity index (χ2n) is 4.97. The predicted octanol–water partition coefficient (Wildman–Crippen LogP) is 1.05. The summed E-state index contributed by atoms with van der Waals surface area (Å²) in [5.41, 5.74) is 0.857. The number of carbonyl (C=O) groups is 1. The van der Waals surface area contributed by atoms with Crippen LogP contribution in [0.5, 0.6) is 0 Å². The minimum Gasteiger partial charge on any atom is -0.349 e. The van der Waals surface area contributed by atoms with Crippen molar-refractivity contribution in [3.05, 3.63) is 29.8 Å². The topological polar surface area (TPSA) is 87.3 Å². The Bertz CT molecular complexity index is 576. The van der Waals surface area contributed by atoms with Crippen molar-refractivity contribution in [3.63, 3.8) is 0 Å². The van der Waals surface area contributed by atoms with Gasteiger partial charge in [0.25, 0.3) is 0 Å². The summed E-state index contributed by atoms with van der Waals surface area (Å²) >= 11 is 0. The molecule has 8 heteroatoms. The fraction of sp³-hybridized carbons (Fsp3) is 0.500. The molecule has 1 aromatic carbocycles. The van der Waals surface area contributed by atoms with Crippen LogP contribution in [-0.4, -0.2) is 35.0 Å². The molecule has 2 atom stereocenters. The largest absolute Gasteiger partial charge is 0.349 e. The lowest BCUT2D eigenvalue weighted by Crippen LogP contribution is -2.35. The zero-order chi connectivity index (χ0) is 16.0. The van der Waals surface area contributed by atoms with Crippen molar-refractivity contribution in [2.24, 2.45) is 5.92 Å². The summed E-state index contributed by atoms with van der Waals surface area (Å²) in [5.74, 6) is -0.162. The van der Waals surface area contributed by atoms with E-state index in [2.05, 4.69) is 15.4 Å². The third-order valence-corrected chi connectivity index (χ3v) is 4.71. The van der Waals surface area contributed by atoms with Crippen molar-refractivity contribution in [2.45, 2.75) is 24.8 Å². The minimum absolute atomic E-state index is 0. The normalized spacial score (nSPS) is 13.8. The predicted molar refractivity (Wildman–Crippen MR) is 89.6 cm³/mol. The smallest absolute Gasteiger partial charge is 0.240 e. The van der Waals surface area contributed by atoms with Gasteiger partial charge in [-0.1, -0.05) is 19.1 Å². The Morgan fingerprint density at radius 1 is 1.14 bits per heavy atom. The van der Waals surface area contributed by atoms with Crippen LogP contribution in [0.15, 0.2) is 29.2 Å². The minimum atomic E-state index is -3.43. The number of amides is 1. The van der Waals surface area contributed by atoms with Crippen LogP contribution in [0.2, 0.25) is 0 Å². The number of hydrogen-bond donors (Lipinski definition) is 3. The lowest BCUT2D eigenvalue weighted by atomic mass is 10.1. The van der Waals surface area contributed by atoms with Crippen LogP contribution >= 0.6 is 12.4 Å². The number of hydrogen-bond acceptors (Lipinski definition) is 4. The summed E-state index contributed by atoms with van der Waals surface area (Å²) in [4.78, 5) is 12.1. The van der Waals surface area contributed by atoms with Crippen molar-refractivity contribution in [3.8, 4) is 0 Å². The van der Waals surface area contributed by atoms with Crippen LogP contribution < -0.4 is 15.4 Å². The van der Waals surface area contributed by atoms with Gasteiger partial charge in [-0.3, -0.25) is 4.79 Å². The summed E-state index contributed by atoms with van der Waals surface area (Å²) in [6, 6.07) is 6.29. The van der Waals surface area contributed by atoms with E-state index in [4.69, 9.17) is 0 Å². The van der Waals surface area contributed by atoms with Gasteiger partial charge in [0.15, 0.2) is 0 Å². The van der Waals surface area contributed by atoms with Gasteiger partial charge in [-0.25, -0.2) is 13.1 Å². The molecule has 22 heavy (non-hydrogen) atoms. The first kappa shape index (κ1) is 20.9. The van der Waals surface area contributed by atoms with E-state index in [1.54, 1.807) is 19.2 Å². The van der Waals surface area contributed by atoms with Gasteiger partial charge >= 0.3 is 0 Å². The van der Waals surface area contributed by atoms with Crippen LogP contribution in [-0.2, 0) is 14.8 Å². The van der Waals surface area contributed by atoms with E-state index in [0.29, 0.717) is 6.54 Å². The average Bonchev–Trinajstić information content (AvgIpc) is 2.47. The van der Waals surface area contributed by atoms with Crippen molar-refractivity contribution in [1.82, 2.24) is 15.4 Å². The zero-order valence-corrected chi connectivity index (χ0v) is 14.8. The molecule has 0 spiro atoms. The molecule has 0 heterocycles. The van der Waals surface area contributed by atoms with Crippen molar-refractivity contribution in [1.29, 1.82) is 0 Å². The maximum absolute atomic E-state index is 11.9. The lowest BCUT2D eigenvalue weighted by Gasteiger charge is -2.18. The van der Waals surface area contributed by atoms with Crippen molar-refractivity contribution in [2.75, 3.05) is 20.6 Å². The van der Waals surface area contributed by atoms with Crippen LogP contribution in [0.3, 0.4) is 0 Å². The summed E-state index contributed by atoms with van der Waals surface area (Å²) in [7, 11) is -0.260.